The second-order valence-corrected chi connectivity index (χ2v) is 4.97. The van der Waals surface area contributed by atoms with Crippen LogP contribution < -0.4 is 5.32 Å². The predicted octanol–water partition coefficient (Wildman–Crippen LogP) is 3.70. The minimum absolute atomic E-state index is 0.0231. The summed E-state index contributed by atoms with van der Waals surface area (Å²) in [7, 11) is 0. The standard InChI is InChI=1S/C16H15N3O4/c1-10-8-14(19-22-10)15-13(11(2)18-23-15)9-21-16(20)17-12-6-4-3-5-7-12/h3-8H,9H2,1-2H3,(H,17,20). The summed E-state index contributed by atoms with van der Waals surface area (Å²) in [6.45, 7) is 3.58. The van der Waals surface area contributed by atoms with Crippen molar-refractivity contribution in [1.29, 1.82) is 0 Å². The molecule has 0 aliphatic rings. The molecule has 23 heavy (non-hydrogen) atoms. The number of rotatable bonds is 4. The summed E-state index contributed by atoms with van der Waals surface area (Å²) in [6.07, 6.45) is -0.556. The zero-order valence-electron chi connectivity index (χ0n) is 12.7. The largest absolute Gasteiger partial charge is 0.444 e. The second kappa shape index (κ2) is 6.35. The molecule has 7 heteroatoms. The Morgan fingerprint density at radius 3 is 2.65 bits per heavy atom. The van der Waals surface area contributed by atoms with Gasteiger partial charge in [-0.15, -0.1) is 0 Å². The van der Waals surface area contributed by atoms with Crippen molar-refractivity contribution in [3.05, 3.63) is 53.4 Å². The Morgan fingerprint density at radius 2 is 1.96 bits per heavy atom. The van der Waals surface area contributed by atoms with Gasteiger partial charge < -0.3 is 13.8 Å². The van der Waals surface area contributed by atoms with E-state index < -0.39 is 6.09 Å². The first kappa shape index (κ1) is 14.8. The Kier molecular flexibility index (Phi) is 4.09. The summed E-state index contributed by atoms with van der Waals surface area (Å²) in [5.41, 5.74) is 2.46. The molecule has 1 aromatic carbocycles. The average molecular weight is 313 g/mol. The van der Waals surface area contributed by atoms with Crippen molar-refractivity contribution < 1.29 is 18.6 Å². The fraction of sp³-hybridized carbons (Fsp3) is 0.188. The van der Waals surface area contributed by atoms with E-state index in [1.165, 1.54) is 0 Å². The number of benzene rings is 1. The van der Waals surface area contributed by atoms with Crippen molar-refractivity contribution in [1.82, 2.24) is 10.3 Å². The van der Waals surface area contributed by atoms with Gasteiger partial charge in [-0.3, -0.25) is 5.32 Å². The fourth-order valence-corrected chi connectivity index (χ4v) is 2.05. The number of anilines is 1. The lowest BCUT2D eigenvalue weighted by molar-refractivity contribution is 0.155. The molecule has 0 unspecified atom stereocenters. The first-order valence-corrected chi connectivity index (χ1v) is 7.01. The van der Waals surface area contributed by atoms with Gasteiger partial charge in [-0.1, -0.05) is 28.5 Å². The van der Waals surface area contributed by atoms with Crippen LogP contribution in [-0.4, -0.2) is 16.4 Å². The maximum atomic E-state index is 11.9. The van der Waals surface area contributed by atoms with E-state index in [-0.39, 0.29) is 6.61 Å². The van der Waals surface area contributed by atoms with E-state index in [1.54, 1.807) is 32.0 Å². The molecule has 118 valence electrons. The minimum Gasteiger partial charge on any atom is -0.444 e. The van der Waals surface area contributed by atoms with Gasteiger partial charge >= 0.3 is 6.09 Å². The van der Waals surface area contributed by atoms with Gasteiger partial charge in [-0.05, 0) is 26.0 Å². The van der Waals surface area contributed by atoms with E-state index in [0.29, 0.717) is 34.2 Å². The zero-order valence-corrected chi connectivity index (χ0v) is 12.7. The number of aryl methyl sites for hydroxylation is 2. The lowest BCUT2D eigenvalue weighted by Crippen LogP contribution is -2.13. The summed E-state index contributed by atoms with van der Waals surface area (Å²) < 4.78 is 15.5. The number of para-hydroxylation sites is 1. The van der Waals surface area contributed by atoms with Crippen molar-refractivity contribution in [3.63, 3.8) is 0 Å². The molecule has 2 heterocycles. The predicted molar refractivity (Wildman–Crippen MR) is 81.7 cm³/mol. The second-order valence-electron chi connectivity index (χ2n) is 4.97. The van der Waals surface area contributed by atoms with Crippen LogP contribution in [-0.2, 0) is 11.3 Å². The molecule has 0 bridgehead atoms. The number of carbonyl (C=O) groups excluding carboxylic acids is 1. The molecule has 1 N–H and O–H groups in total. The number of aromatic nitrogens is 2. The molecular weight excluding hydrogens is 298 g/mol. The lowest BCUT2D eigenvalue weighted by atomic mass is 10.1. The van der Waals surface area contributed by atoms with Crippen LogP contribution >= 0.6 is 0 Å². The van der Waals surface area contributed by atoms with Gasteiger partial charge in [0.25, 0.3) is 0 Å². The van der Waals surface area contributed by atoms with Gasteiger partial charge in [-0.2, -0.15) is 0 Å². The Bertz CT molecular complexity index is 808. The highest BCUT2D eigenvalue weighted by atomic mass is 16.5. The highest BCUT2D eigenvalue weighted by Crippen LogP contribution is 2.26. The highest BCUT2D eigenvalue weighted by molar-refractivity contribution is 5.84. The fourth-order valence-electron chi connectivity index (χ4n) is 2.05. The third kappa shape index (κ3) is 3.39. The number of carbonyl (C=O) groups is 1. The number of nitrogens with one attached hydrogen (secondary N) is 1. The molecule has 0 aliphatic carbocycles. The van der Waals surface area contributed by atoms with Crippen molar-refractivity contribution in [3.8, 4) is 11.5 Å². The van der Waals surface area contributed by atoms with Crippen LogP contribution in [0.1, 0.15) is 17.0 Å². The van der Waals surface area contributed by atoms with Crippen molar-refractivity contribution >= 4 is 11.8 Å². The Morgan fingerprint density at radius 1 is 1.17 bits per heavy atom. The molecule has 3 rings (SSSR count). The van der Waals surface area contributed by atoms with Crippen molar-refractivity contribution in [2.45, 2.75) is 20.5 Å². The van der Waals surface area contributed by atoms with E-state index in [2.05, 4.69) is 15.6 Å². The Balaban J connectivity index is 1.69. The molecule has 0 fully saturated rings. The number of hydrogen-bond donors (Lipinski definition) is 1. The van der Waals surface area contributed by atoms with Gasteiger partial charge in [0.05, 0.1) is 11.3 Å². The van der Waals surface area contributed by atoms with Crippen LogP contribution in [0.2, 0.25) is 0 Å². The van der Waals surface area contributed by atoms with E-state index in [0.717, 1.165) is 0 Å². The molecule has 7 nitrogen and oxygen atoms in total. The summed E-state index contributed by atoms with van der Waals surface area (Å²) in [4.78, 5) is 11.9. The molecule has 0 spiro atoms. The summed E-state index contributed by atoms with van der Waals surface area (Å²) in [5, 5.41) is 10.4. The topological polar surface area (TPSA) is 90.4 Å². The van der Waals surface area contributed by atoms with Crippen LogP contribution in [0.4, 0.5) is 10.5 Å². The van der Waals surface area contributed by atoms with Crippen LogP contribution in [0.5, 0.6) is 0 Å². The van der Waals surface area contributed by atoms with Gasteiger partial charge in [-0.25, -0.2) is 4.79 Å². The number of amides is 1. The third-order valence-electron chi connectivity index (χ3n) is 3.21. The SMILES string of the molecule is Cc1cc(-c2onc(C)c2COC(=O)Nc2ccccc2)no1. The lowest BCUT2D eigenvalue weighted by Gasteiger charge is -2.06. The Hall–Kier alpha value is -3.09. The van der Waals surface area contributed by atoms with Crippen LogP contribution in [0.3, 0.4) is 0 Å². The number of ether oxygens (including phenoxy) is 1. The monoisotopic (exact) mass is 313 g/mol. The molecule has 0 saturated carbocycles. The van der Waals surface area contributed by atoms with Gasteiger partial charge in [0.15, 0.2) is 11.5 Å². The van der Waals surface area contributed by atoms with E-state index in [4.69, 9.17) is 13.8 Å². The van der Waals surface area contributed by atoms with Gasteiger partial charge in [0, 0.05) is 11.8 Å². The maximum absolute atomic E-state index is 11.9. The zero-order chi connectivity index (χ0) is 16.2. The molecule has 2 aromatic heterocycles. The molecule has 0 atom stereocenters. The highest BCUT2D eigenvalue weighted by Gasteiger charge is 2.19. The molecule has 3 aromatic rings. The smallest absolute Gasteiger partial charge is 0.411 e. The van der Waals surface area contributed by atoms with Crippen molar-refractivity contribution in [2.24, 2.45) is 0 Å². The molecular formula is C16H15N3O4. The van der Waals surface area contributed by atoms with Crippen molar-refractivity contribution in [2.75, 3.05) is 5.32 Å². The van der Waals surface area contributed by atoms with Crippen LogP contribution in [0.25, 0.3) is 11.5 Å². The molecule has 0 aliphatic heterocycles. The van der Waals surface area contributed by atoms with E-state index in [9.17, 15) is 4.79 Å². The van der Waals surface area contributed by atoms with Crippen LogP contribution in [0, 0.1) is 13.8 Å². The molecule has 0 saturated heterocycles. The third-order valence-corrected chi connectivity index (χ3v) is 3.21. The van der Waals surface area contributed by atoms with Crippen LogP contribution in [0.15, 0.2) is 45.4 Å². The number of nitrogens with zero attached hydrogens (tertiary/aromatic N) is 2. The first-order chi connectivity index (χ1) is 11.1. The van der Waals surface area contributed by atoms with E-state index >= 15 is 0 Å². The normalized spacial score (nSPS) is 10.5. The summed E-state index contributed by atoms with van der Waals surface area (Å²) in [6, 6.07) is 10.8. The van der Waals surface area contributed by atoms with E-state index in [1.807, 2.05) is 18.2 Å². The first-order valence-electron chi connectivity index (χ1n) is 7.01. The van der Waals surface area contributed by atoms with Gasteiger partial charge in [0.2, 0.25) is 0 Å². The summed E-state index contributed by atoms with van der Waals surface area (Å²) >= 11 is 0. The Labute approximate surface area is 132 Å². The average Bonchev–Trinajstić information content (AvgIpc) is 3.12. The molecule has 0 radical (unpaired) electrons. The quantitative estimate of drug-likeness (QED) is 0.790. The van der Waals surface area contributed by atoms with Gasteiger partial charge in [0.1, 0.15) is 12.4 Å². The summed E-state index contributed by atoms with van der Waals surface area (Å²) in [5.74, 6) is 1.09. The number of hydrogen-bond acceptors (Lipinski definition) is 6. The minimum atomic E-state index is -0.556. The molecule has 1 amide bonds. The maximum Gasteiger partial charge on any atom is 0.411 e.